The number of aliphatic carboxylic acids is 1. The number of carboxylic acid groups (broad SMARTS) is 1. The molecule has 1 aromatic heterocycles. The van der Waals surface area contributed by atoms with Crippen LogP contribution in [0.2, 0.25) is 0 Å². The van der Waals surface area contributed by atoms with Gasteiger partial charge >= 0.3 is 5.97 Å². The van der Waals surface area contributed by atoms with Gasteiger partial charge in [-0.05, 0) is 31.6 Å². The first-order chi connectivity index (χ1) is 9.66. The Morgan fingerprint density at radius 2 is 2.15 bits per heavy atom. The first kappa shape index (κ1) is 13.6. The van der Waals surface area contributed by atoms with Crippen LogP contribution in [0, 0.1) is 5.92 Å². The molecule has 110 valence electrons. The third-order valence-corrected chi connectivity index (χ3v) is 5.04. The van der Waals surface area contributed by atoms with Crippen LogP contribution in [0.15, 0.2) is 12.4 Å². The molecule has 2 heterocycles. The van der Waals surface area contributed by atoms with Gasteiger partial charge in [-0.15, -0.1) is 0 Å². The van der Waals surface area contributed by atoms with Crippen LogP contribution in [0.5, 0.6) is 0 Å². The molecule has 3 rings (SSSR count). The van der Waals surface area contributed by atoms with Crippen molar-refractivity contribution in [1.82, 2.24) is 14.5 Å². The summed E-state index contributed by atoms with van der Waals surface area (Å²) in [6.45, 7) is 0.654. The Labute approximate surface area is 119 Å². The van der Waals surface area contributed by atoms with E-state index in [9.17, 15) is 9.90 Å². The number of carbonyl (C=O) groups is 1. The number of carboxylic acids is 1. The maximum absolute atomic E-state index is 11.6. The average Bonchev–Trinajstić information content (AvgIpc) is 2.84. The summed E-state index contributed by atoms with van der Waals surface area (Å²) in [5, 5.41) is 9.53. The smallest absolute Gasteiger partial charge is 0.320 e. The number of aryl methyl sites for hydroxylation is 1. The van der Waals surface area contributed by atoms with Crippen LogP contribution in [-0.4, -0.2) is 37.6 Å². The van der Waals surface area contributed by atoms with E-state index in [1.807, 2.05) is 17.8 Å². The summed E-state index contributed by atoms with van der Waals surface area (Å²) in [6.07, 6.45) is 10.5. The molecule has 0 spiro atoms. The molecule has 1 aliphatic heterocycles. The van der Waals surface area contributed by atoms with Gasteiger partial charge in [0.15, 0.2) is 0 Å². The lowest BCUT2D eigenvalue weighted by atomic mass is 9.76. The van der Waals surface area contributed by atoms with Gasteiger partial charge in [0.05, 0.1) is 6.54 Å². The molecule has 0 radical (unpaired) electrons. The fourth-order valence-corrected chi connectivity index (χ4v) is 3.94. The summed E-state index contributed by atoms with van der Waals surface area (Å²) in [5.41, 5.74) is 0. The van der Waals surface area contributed by atoms with Gasteiger partial charge in [0.25, 0.3) is 0 Å². The molecule has 1 aliphatic carbocycles. The Morgan fingerprint density at radius 3 is 2.85 bits per heavy atom. The molecule has 5 heteroatoms. The van der Waals surface area contributed by atoms with Gasteiger partial charge in [0.2, 0.25) is 0 Å². The van der Waals surface area contributed by atoms with Crippen molar-refractivity contribution in [3.8, 4) is 0 Å². The summed E-state index contributed by atoms with van der Waals surface area (Å²) in [7, 11) is 1.97. The summed E-state index contributed by atoms with van der Waals surface area (Å²) in [4.78, 5) is 18.2. The van der Waals surface area contributed by atoms with E-state index in [1.165, 1.54) is 19.3 Å². The SMILES string of the molecule is Cn1ccnc1CN1C(C(=O)O)CCC2CCCCC21. The zero-order valence-electron chi connectivity index (χ0n) is 12.0. The number of hydrogen-bond acceptors (Lipinski definition) is 3. The molecule has 3 unspecified atom stereocenters. The second-order valence-corrected chi connectivity index (χ2v) is 6.17. The maximum Gasteiger partial charge on any atom is 0.320 e. The van der Waals surface area contributed by atoms with Gasteiger partial charge in [0.1, 0.15) is 11.9 Å². The quantitative estimate of drug-likeness (QED) is 0.918. The van der Waals surface area contributed by atoms with E-state index >= 15 is 0 Å². The zero-order valence-corrected chi connectivity index (χ0v) is 12.0. The van der Waals surface area contributed by atoms with Crippen LogP contribution in [0.1, 0.15) is 44.3 Å². The van der Waals surface area contributed by atoms with Crippen LogP contribution >= 0.6 is 0 Å². The Morgan fingerprint density at radius 1 is 1.35 bits per heavy atom. The van der Waals surface area contributed by atoms with Gasteiger partial charge in [-0.3, -0.25) is 9.69 Å². The van der Waals surface area contributed by atoms with Crippen LogP contribution in [0.25, 0.3) is 0 Å². The Kier molecular flexibility index (Phi) is 3.78. The molecule has 0 aromatic carbocycles. The molecule has 1 N–H and O–H groups in total. The third-order valence-electron chi connectivity index (χ3n) is 5.04. The number of imidazole rings is 1. The molecule has 0 bridgehead atoms. The van der Waals surface area contributed by atoms with Crippen LogP contribution in [0.3, 0.4) is 0 Å². The number of likely N-dealkylation sites (tertiary alicyclic amines) is 1. The normalized spacial score (nSPS) is 30.9. The Bertz CT molecular complexity index is 485. The van der Waals surface area contributed by atoms with E-state index in [-0.39, 0.29) is 6.04 Å². The average molecular weight is 277 g/mol. The first-order valence-electron chi connectivity index (χ1n) is 7.61. The second kappa shape index (κ2) is 5.56. The molecule has 2 aliphatic rings. The minimum atomic E-state index is -0.678. The first-order valence-corrected chi connectivity index (χ1v) is 7.61. The van der Waals surface area contributed by atoms with E-state index < -0.39 is 5.97 Å². The predicted molar refractivity (Wildman–Crippen MR) is 75.2 cm³/mol. The van der Waals surface area contributed by atoms with Gasteiger partial charge < -0.3 is 9.67 Å². The summed E-state index contributed by atoms with van der Waals surface area (Å²) < 4.78 is 1.99. The van der Waals surface area contributed by atoms with E-state index in [2.05, 4.69) is 9.88 Å². The minimum Gasteiger partial charge on any atom is -0.480 e. The van der Waals surface area contributed by atoms with Gasteiger partial charge in [-0.25, -0.2) is 4.98 Å². The van der Waals surface area contributed by atoms with Crippen LogP contribution < -0.4 is 0 Å². The van der Waals surface area contributed by atoms with E-state index in [4.69, 9.17) is 0 Å². The molecule has 5 nitrogen and oxygen atoms in total. The highest BCUT2D eigenvalue weighted by molar-refractivity contribution is 5.73. The lowest BCUT2D eigenvalue weighted by Gasteiger charge is -2.47. The number of rotatable bonds is 3. The topological polar surface area (TPSA) is 58.4 Å². The second-order valence-electron chi connectivity index (χ2n) is 6.17. The van der Waals surface area contributed by atoms with Crippen molar-refractivity contribution in [2.24, 2.45) is 13.0 Å². The summed E-state index contributed by atoms with van der Waals surface area (Å²) in [5.74, 6) is 0.963. The molecule has 20 heavy (non-hydrogen) atoms. The highest BCUT2D eigenvalue weighted by Crippen LogP contribution is 2.38. The molecular formula is C15H23N3O2. The number of piperidine rings is 1. The van der Waals surface area contributed by atoms with E-state index in [0.717, 1.165) is 25.1 Å². The van der Waals surface area contributed by atoms with E-state index in [1.54, 1.807) is 6.20 Å². The number of nitrogens with zero attached hydrogens (tertiary/aromatic N) is 3. The number of fused-ring (bicyclic) bond motifs is 1. The monoisotopic (exact) mass is 277 g/mol. The van der Waals surface area contributed by atoms with Crippen LogP contribution in [-0.2, 0) is 18.4 Å². The molecule has 3 atom stereocenters. The molecule has 1 saturated heterocycles. The van der Waals surface area contributed by atoms with Crippen molar-refractivity contribution in [3.05, 3.63) is 18.2 Å². The van der Waals surface area contributed by atoms with Crippen molar-refractivity contribution >= 4 is 5.97 Å². The fraction of sp³-hybridized carbons (Fsp3) is 0.733. The van der Waals surface area contributed by atoms with Gasteiger partial charge in [-0.1, -0.05) is 12.8 Å². The Balaban J connectivity index is 1.84. The van der Waals surface area contributed by atoms with E-state index in [0.29, 0.717) is 18.5 Å². The van der Waals surface area contributed by atoms with Crippen molar-refractivity contribution < 1.29 is 9.90 Å². The fourth-order valence-electron chi connectivity index (χ4n) is 3.94. The number of aromatic nitrogens is 2. The lowest BCUT2D eigenvalue weighted by Crippen LogP contribution is -2.54. The van der Waals surface area contributed by atoms with Crippen molar-refractivity contribution in [2.75, 3.05) is 0 Å². The molecule has 0 amide bonds. The van der Waals surface area contributed by atoms with Gasteiger partial charge in [-0.2, -0.15) is 0 Å². The van der Waals surface area contributed by atoms with Gasteiger partial charge in [0, 0.05) is 25.5 Å². The Hall–Kier alpha value is -1.36. The standard InChI is InChI=1S/C15H23N3O2/c1-17-9-8-16-14(17)10-18-12-5-3-2-4-11(12)6-7-13(18)15(19)20/h8-9,11-13H,2-7,10H2,1H3,(H,19,20). The minimum absolute atomic E-state index is 0.342. The maximum atomic E-state index is 11.6. The predicted octanol–water partition coefficient (Wildman–Crippen LogP) is 2.03. The highest BCUT2D eigenvalue weighted by atomic mass is 16.4. The van der Waals surface area contributed by atoms with Crippen molar-refractivity contribution in [3.63, 3.8) is 0 Å². The van der Waals surface area contributed by atoms with Crippen molar-refractivity contribution in [1.29, 1.82) is 0 Å². The molecule has 1 aromatic rings. The molecule has 1 saturated carbocycles. The molecular weight excluding hydrogens is 254 g/mol. The molecule has 2 fully saturated rings. The van der Waals surface area contributed by atoms with Crippen LogP contribution in [0.4, 0.5) is 0 Å². The highest BCUT2D eigenvalue weighted by Gasteiger charge is 2.41. The summed E-state index contributed by atoms with van der Waals surface area (Å²) in [6, 6.07) is 0.0846. The zero-order chi connectivity index (χ0) is 14.1. The largest absolute Gasteiger partial charge is 0.480 e. The lowest BCUT2D eigenvalue weighted by molar-refractivity contribution is -0.148. The number of hydrogen-bond donors (Lipinski definition) is 1. The summed E-state index contributed by atoms with van der Waals surface area (Å²) >= 11 is 0. The van der Waals surface area contributed by atoms with Crippen molar-refractivity contribution in [2.45, 2.75) is 57.2 Å². The third kappa shape index (κ3) is 2.46.